The van der Waals surface area contributed by atoms with Gasteiger partial charge in [-0.1, -0.05) is 0 Å². The zero-order valence-corrected chi connectivity index (χ0v) is 11.1. The molecule has 0 N–H and O–H groups in total. The number of nitrogens with zero attached hydrogens (tertiary/aromatic N) is 2. The normalized spacial score (nSPS) is 22.4. The molecule has 0 aromatic carbocycles. The predicted molar refractivity (Wildman–Crippen MR) is 64.9 cm³/mol. The molecule has 5 heteroatoms. The molecule has 1 saturated heterocycles. The number of piperazine rings is 1. The summed E-state index contributed by atoms with van der Waals surface area (Å²) in [5.74, 6) is 0. The third kappa shape index (κ3) is 4.34. The summed E-state index contributed by atoms with van der Waals surface area (Å²) in [7, 11) is 1.97. The van der Waals surface area contributed by atoms with Gasteiger partial charge in [-0.3, -0.25) is 4.90 Å². The number of likely N-dealkylation sites (N-methyl/N-ethyl adjacent to an activating group) is 1. The first-order valence-corrected chi connectivity index (χ1v) is 5.95. The van der Waals surface area contributed by atoms with Gasteiger partial charge in [0.15, 0.2) is 0 Å². The van der Waals surface area contributed by atoms with Gasteiger partial charge in [0.1, 0.15) is 11.9 Å². The lowest BCUT2D eigenvalue weighted by Crippen LogP contribution is -2.54. The molecule has 17 heavy (non-hydrogen) atoms. The topological polar surface area (TPSA) is 49.9 Å². The molecule has 1 atom stereocenters. The third-order valence-electron chi connectivity index (χ3n) is 2.80. The molecule has 1 unspecified atom stereocenters. The molecule has 0 spiro atoms. The van der Waals surface area contributed by atoms with Gasteiger partial charge in [0.05, 0.1) is 0 Å². The summed E-state index contributed by atoms with van der Waals surface area (Å²) in [5.41, 5.74) is -0.472. The molecule has 0 aromatic heterocycles. The van der Waals surface area contributed by atoms with E-state index < -0.39 is 5.60 Å². The summed E-state index contributed by atoms with van der Waals surface area (Å²) >= 11 is 0. The van der Waals surface area contributed by atoms with Crippen LogP contribution in [0.4, 0.5) is 4.79 Å². The lowest BCUT2D eigenvalue weighted by Gasteiger charge is -2.39. The highest BCUT2D eigenvalue weighted by Gasteiger charge is 2.29. The molecule has 1 aliphatic heterocycles. The third-order valence-corrected chi connectivity index (χ3v) is 2.80. The van der Waals surface area contributed by atoms with Crippen LogP contribution in [0.1, 0.15) is 27.2 Å². The van der Waals surface area contributed by atoms with Crippen LogP contribution in [0, 0.1) is 0 Å². The number of carbonyl (C=O) groups excluding carboxylic acids is 2. The molecule has 5 nitrogen and oxygen atoms in total. The Kier molecular flexibility index (Phi) is 4.51. The van der Waals surface area contributed by atoms with Crippen LogP contribution in [0.15, 0.2) is 0 Å². The molecule has 98 valence electrons. The van der Waals surface area contributed by atoms with Crippen molar-refractivity contribution in [1.82, 2.24) is 9.80 Å². The van der Waals surface area contributed by atoms with Crippen molar-refractivity contribution in [3.05, 3.63) is 0 Å². The maximum atomic E-state index is 11.9. The van der Waals surface area contributed by atoms with E-state index in [1.54, 1.807) is 4.90 Å². The Bertz CT molecular complexity index is 286. The Morgan fingerprint density at radius 3 is 2.59 bits per heavy atom. The van der Waals surface area contributed by atoms with Crippen molar-refractivity contribution in [3.63, 3.8) is 0 Å². The summed E-state index contributed by atoms with van der Waals surface area (Å²) in [6.45, 7) is 7.54. The molecule has 0 aromatic rings. The van der Waals surface area contributed by atoms with E-state index in [4.69, 9.17) is 4.74 Å². The minimum Gasteiger partial charge on any atom is -0.444 e. The number of carbonyl (C=O) groups is 2. The van der Waals surface area contributed by atoms with E-state index in [9.17, 15) is 9.59 Å². The smallest absolute Gasteiger partial charge is 0.410 e. The average Bonchev–Trinajstić information content (AvgIpc) is 2.19. The van der Waals surface area contributed by atoms with Crippen molar-refractivity contribution in [1.29, 1.82) is 0 Å². The largest absolute Gasteiger partial charge is 0.444 e. The molecule has 0 aliphatic carbocycles. The molecule has 1 aliphatic rings. The predicted octanol–water partition coefficient (Wildman–Crippen LogP) is 1.13. The second kappa shape index (κ2) is 5.49. The van der Waals surface area contributed by atoms with Crippen molar-refractivity contribution < 1.29 is 14.3 Å². The minimum atomic E-state index is -0.472. The SMILES string of the molecule is CN1CCN(C(=O)OC(C)(C)C)CC1CC=O. The molecule has 0 saturated carbocycles. The van der Waals surface area contributed by atoms with E-state index in [2.05, 4.69) is 4.90 Å². The standard InChI is InChI=1S/C12H22N2O3/c1-12(2,3)17-11(16)14-7-6-13(4)10(9-14)5-8-15/h8,10H,5-7,9H2,1-4H3. The molecular weight excluding hydrogens is 220 g/mol. The van der Waals surface area contributed by atoms with Crippen molar-refractivity contribution in [3.8, 4) is 0 Å². The molecule has 0 radical (unpaired) electrons. The molecule has 1 heterocycles. The lowest BCUT2D eigenvalue weighted by atomic mass is 10.1. The molecule has 1 rings (SSSR count). The van der Waals surface area contributed by atoms with E-state index in [0.717, 1.165) is 12.8 Å². The Hall–Kier alpha value is -1.10. The monoisotopic (exact) mass is 242 g/mol. The highest BCUT2D eigenvalue weighted by molar-refractivity contribution is 5.68. The van der Waals surface area contributed by atoms with Crippen molar-refractivity contribution >= 4 is 12.4 Å². The first-order chi connectivity index (χ1) is 7.83. The van der Waals surface area contributed by atoms with Crippen LogP contribution in [-0.2, 0) is 9.53 Å². The number of amides is 1. The maximum Gasteiger partial charge on any atom is 0.410 e. The summed E-state index contributed by atoms with van der Waals surface area (Å²) < 4.78 is 5.32. The number of ether oxygens (including phenoxy) is 1. The van der Waals surface area contributed by atoms with E-state index in [0.29, 0.717) is 19.5 Å². The minimum absolute atomic E-state index is 0.105. The van der Waals surface area contributed by atoms with Crippen LogP contribution in [0.2, 0.25) is 0 Å². The lowest BCUT2D eigenvalue weighted by molar-refractivity contribution is -0.109. The first-order valence-electron chi connectivity index (χ1n) is 5.95. The Balaban J connectivity index is 2.55. The van der Waals surface area contributed by atoms with Crippen LogP contribution in [0.25, 0.3) is 0 Å². The quantitative estimate of drug-likeness (QED) is 0.681. The fraction of sp³-hybridized carbons (Fsp3) is 0.833. The molecule has 0 bridgehead atoms. The average molecular weight is 242 g/mol. The van der Waals surface area contributed by atoms with Crippen molar-refractivity contribution in [2.75, 3.05) is 26.7 Å². The first kappa shape index (κ1) is 14.0. The fourth-order valence-corrected chi connectivity index (χ4v) is 1.80. The number of rotatable bonds is 2. The van der Waals surface area contributed by atoms with Crippen LogP contribution < -0.4 is 0 Å². The number of hydrogen-bond donors (Lipinski definition) is 0. The zero-order chi connectivity index (χ0) is 13.1. The highest BCUT2D eigenvalue weighted by Crippen LogP contribution is 2.14. The van der Waals surface area contributed by atoms with E-state index in [1.807, 2.05) is 27.8 Å². The van der Waals surface area contributed by atoms with E-state index in [-0.39, 0.29) is 12.1 Å². The zero-order valence-electron chi connectivity index (χ0n) is 11.1. The summed E-state index contributed by atoms with van der Waals surface area (Å²) in [5, 5.41) is 0. The Morgan fingerprint density at radius 1 is 1.41 bits per heavy atom. The van der Waals surface area contributed by atoms with E-state index >= 15 is 0 Å². The summed E-state index contributed by atoms with van der Waals surface area (Å²) in [6, 6.07) is 0.105. The summed E-state index contributed by atoms with van der Waals surface area (Å²) in [4.78, 5) is 26.2. The van der Waals surface area contributed by atoms with Crippen LogP contribution >= 0.6 is 0 Å². The van der Waals surface area contributed by atoms with Gasteiger partial charge in [-0.05, 0) is 27.8 Å². The Labute approximate surface area is 103 Å². The van der Waals surface area contributed by atoms with Gasteiger partial charge in [0, 0.05) is 32.1 Å². The second-order valence-electron chi connectivity index (χ2n) is 5.46. The van der Waals surface area contributed by atoms with Gasteiger partial charge in [0.2, 0.25) is 0 Å². The van der Waals surface area contributed by atoms with Gasteiger partial charge < -0.3 is 14.4 Å². The van der Waals surface area contributed by atoms with Crippen molar-refractivity contribution in [2.45, 2.75) is 38.8 Å². The van der Waals surface area contributed by atoms with Gasteiger partial charge in [-0.25, -0.2) is 4.79 Å². The number of hydrogen-bond acceptors (Lipinski definition) is 4. The van der Waals surface area contributed by atoms with Gasteiger partial charge >= 0.3 is 6.09 Å². The molecule has 1 fully saturated rings. The van der Waals surface area contributed by atoms with Gasteiger partial charge in [0.25, 0.3) is 0 Å². The number of aldehydes is 1. The van der Waals surface area contributed by atoms with Gasteiger partial charge in [-0.2, -0.15) is 0 Å². The molecule has 1 amide bonds. The van der Waals surface area contributed by atoms with Gasteiger partial charge in [-0.15, -0.1) is 0 Å². The van der Waals surface area contributed by atoms with Crippen LogP contribution in [0.5, 0.6) is 0 Å². The van der Waals surface area contributed by atoms with E-state index in [1.165, 1.54) is 0 Å². The Morgan fingerprint density at radius 2 is 2.06 bits per heavy atom. The maximum absolute atomic E-state index is 11.9. The van der Waals surface area contributed by atoms with Crippen LogP contribution in [-0.4, -0.2) is 60.5 Å². The molecular formula is C12H22N2O3. The van der Waals surface area contributed by atoms with Crippen molar-refractivity contribution in [2.24, 2.45) is 0 Å². The van der Waals surface area contributed by atoms with Crippen LogP contribution in [0.3, 0.4) is 0 Å². The fourth-order valence-electron chi connectivity index (χ4n) is 1.80. The second-order valence-corrected chi connectivity index (χ2v) is 5.46. The summed E-state index contributed by atoms with van der Waals surface area (Å²) in [6.07, 6.45) is 1.07. The highest BCUT2D eigenvalue weighted by atomic mass is 16.6.